The Kier molecular flexibility index (Phi) is 3.27. The first-order valence-electron chi connectivity index (χ1n) is 6.91. The molecule has 7 heteroatoms. The minimum absolute atomic E-state index is 0.195. The highest BCUT2D eigenvalue weighted by molar-refractivity contribution is 6.31. The summed E-state index contributed by atoms with van der Waals surface area (Å²) in [4.78, 5) is 12.6. The maximum atomic E-state index is 14.1. The fraction of sp³-hybridized carbons (Fsp3) is 0.125. The molecule has 0 fully saturated rings. The quantitative estimate of drug-likeness (QED) is 0.758. The van der Waals surface area contributed by atoms with Crippen LogP contribution in [0.3, 0.4) is 0 Å². The van der Waals surface area contributed by atoms with E-state index in [0.717, 1.165) is 17.0 Å². The topological polar surface area (TPSA) is 50.3 Å². The lowest BCUT2D eigenvalue weighted by atomic mass is 9.90. The number of fused-ring (bicyclic) bond motifs is 1. The standard InChI is InChI=1S/C16H10ClF2N3O/c17-8-4-10-11(6-21-16(10)20-5-8)15-12(7-22-23-15)9-2-1-3-13(18)14(9)19/h1-7,12,15H,(H,20,21). The average Bonchev–Trinajstić information content (AvgIpc) is 3.15. The summed E-state index contributed by atoms with van der Waals surface area (Å²) in [7, 11) is 0. The van der Waals surface area contributed by atoms with Crippen LogP contribution >= 0.6 is 11.6 Å². The van der Waals surface area contributed by atoms with Crippen molar-refractivity contribution in [3.8, 4) is 0 Å². The number of aromatic nitrogens is 2. The third-order valence-electron chi connectivity index (χ3n) is 3.90. The summed E-state index contributed by atoms with van der Waals surface area (Å²) in [5.74, 6) is -2.33. The van der Waals surface area contributed by atoms with Crippen LogP contribution in [0.4, 0.5) is 8.78 Å². The largest absolute Gasteiger partial charge is 0.387 e. The molecule has 23 heavy (non-hydrogen) atoms. The van der Waals surface area contributed by atoms with Crippen molar-refractivity contribution in [3.63, 3.8) is 0 Å². The molecule has 3 heterocycles. The zero-order chi connectivity index (χ0) is 16.0. The third-order valence-corrected chi connectivity index (χ3v) is 4.11. The molecule has 0 aliphatic carbocycles. The second-order valence-electron chi connectivity index (χ2n) is 5.24. The van der Waals surface area contributed by atoms with Crippen LogP contribution in [-0.2, 0) is 4.84 Å². The van der Waals surface area contributed by atoms with Gasteiger partial charge in [-0.1, -0.05) is 28.9 Å². The van der Waals surface area contributed by atoms with Gasteiger partial charge in [0.1, 0.15) is 5.65 Å². The Morgan fingerprint density at radius 2 is 2.09 bits per heavy atom. The molecule has 4 nitrogen and oxygen atoms in total. The molecule has 2 aromatic heterocycles. The lowest BCUT2D eigenvalue weighted by Crippen LogP contribution is -2.11. The molecule has 1 aliphatic rings. The number of aromatic amines is 1. The summed E-state index contributed by atoms with van der Waals surface area (Å²) >= 11 is 6.00. The highest BCUT2D eigenvalue weighted by Gasteiger charge is 2.34. The summed E-state index contributed by atoms with van der Waals surface area (Å²) in [6, 6.07) is 5.81. The highest BCUT2D eigenvalue weighted by atomic mass is 35.5. The first-order valence-corrected chi connectivity index (χ1v) is 7.28. The summed E-state index contributed by atoms with van der Waals surface area (Å²) in [6.45, 7) is 0. The Morgan fingerprint density at radius 1 is 1.22 bits per heavy atom. The molecule has 116 valence electrons. The summed E-state index contributed by atoms with van der Waals surface area (Å²) < 4.78 is 27.6. The molecule has 0 spiro atoms. The van der Waals surface area contributed by atoms with Gasteiger partial charge in [-0.2, -0.15) is 0 Å². The second-order valence-corrected chi connectivity index (χ2v) is 5.68. The van der Waals surface area contributed by atoms with Crippen LogP contribution in [0.2, 0.25) is 5.02 Å². The van der Waals surface area contributed by atoms with E-state index in [4.69, 9.17) is 16.4 Å². The number of oxime groups is 1. The number of H-pyrrole nitrogens is 1. The van der Waals surface area contributed by atoms with Crippen molar-refractivity contribution in [2.45, 2.75) is 12.0 Å². The lowest BCUT2D eigenvalue weighted by Gasteiger charge is -2.17. The van der Waals surface area contributed by atoms with Crippen molar-refractivity contribution < 1.29 is 13.6 Å². The molecule has 1 aliphatic heterocycles. The zero-order valence-corrected chi connectivity index (χ0v) is 12.4. The van der Waals surface area contributed by atoms with Crippen molar-refractivity contribution in [3.05, 3.63) is 64.4 Å². The molecule has 3 aromatic rings. The number of halogens is 3. The molecule has 0 saturated carbocycles. The monoisotopic (exact) mass is 333 g/mol. The van der Waals surface area contributed by atoms with E-state index in [1.807, 2.05) is 0 Å². The van der Waals surface area contributed by atoms with Crippen LogP contribution < -0.4 is 0 Å². The Morgan fingerprint density at radius 3 is 2.96 bits per heavy atom. The van der Waals surface area contributed by atoms with Crippen molar-refractivity contribution in [1.82, 2.24) is 9.97 Å². The van der Waals surface area contributed by atoms with Crippen LogP contribution in [0.15, 0.2) is 41.8 Å². The average molecular weight is 334 g/mol. The van der Waals surface area contributed by atoms with Gasteiger partial charge in [-0.15, -0.1) is 0 Å². The number of pyridine rings is 1. The predicted molar refractivity (Wildman–Crippen MR) is 82.5 cm³/mol. The fourth-order valence-corrected chi connectivity index (χ4v) is 2.97. The van der Waals surface area contributed by atoms with E-state index in [2.05, 4.69) is 15.1 Å². The van der Waals surface area contributed by atoms with E-state index in [1.54, 1.807) is 12.3 Å². The van der Waals surface area contributed by atoms with Gasteiger partial charge in [-0.3, -0.25) is 0 Å². The van der Waals surface area contributed by atoms with Crippen LogP contribution in [0.5, 0.6) is 0 Å². The van der Waals surface area contributed by atoms with E-state index >= 15 is 0 Å². The minimum Gasteiger partial charge on any atom is -0.387 e. The Balaban J connectivity index is 1.81. The number of nitrogens with zero attached hydrogens (tertiary/aromatic N) is 2. The molecule has 2 atom stereocenters. The van der Waals surface area contributed by atoms with Gasteiger partial charge in [0.15, 0.2) is 17.7 Å². The molecule has 0 bridgehead atoms. The van der Waals surface area contributed by atoms with Crippen molar-refractivity contribution in [2.75, 3.05) is 0 Å². The van der Waals surface area contributed by atoms with E-state index in [-0.39, 0.29) is 5.56 Å². The van der Waals surface area contributed by atoms with Crippen LogP contribution in [0.25, 0.3) is 11.0 Å². The summed E-state index contributed by atoms with van der Waals surface area (Å²) in [5, 5.41) is 5.03. The van der Waals surface area contributed by atoms with Crippen molar-refractivity contribution >= 4 is 28.8 Å². The Bertz CT molecular complexity index is 925. The van der Waals surface area contributed by atoms with Gasteiger partial charge in [0.25, 0.3) is 0 Å². The lowest BCUT2D eigenvalue weighted by molar-refractivity contribution is 0.0766. The van der Waals surface area contributed by atoms with Gasteiger partial charge in [-0.05, 0) is 12.1 Å². The number of hydrogen-bond donors (Lipinski definition) is 1. The van der Waals surface area contributed by atoms with Gasteiger partial charge in [0.05, 0.1) is 17.2 Å². The first kappa shape index (κ1) is 14.1. The molecule has 0 radical (unpaired) electrons. The third kappa shape index (κ3) is 2.26. The van der Waals surface area contributed by atoms with Crippen LogP contribution in [0, 0.1) is 11.6 Å². The van der Waals surface area contributed by atoms with Gasteiger partial charge >= 0.3 is 0 Å². The van der Waals surface area contributed by atoms with E-state index in [0.29, 0.717) is 10.7 Å². The number of rotatable bonds is 2. The van der Waals surface area contributed by atoms with Crippen molar-refractivity contribution in [1.29, 1.82) is 0 Å². The van der Waals surface area contributed by atoms with Crippen molar-refractivity contribution in [2.24, 2.45) is 5.16 Å². The number of hydrogen-bond acceptors (Lipinski definition) is 3. The molecule has 1 N–H and O–H groups in total. The molecule has 0 saturated heterocycles. The number of nitrogens with one attached hydrogen (secondary N) is 1. The SMILES string of the molecule is Fc1cccc(C2C=NOC2c2c[nH]c3ncc(Cl)cc23)c1F. The molecule has 1 aromatic carbocycles. The van der Waals surface area contributed by atoms with Crippen LogP contribution in [-0.4, -0.2) is 16.2 Å². The molecular weight excluding hydrogens is 324 g/mol. The van der Waals surface area contributed by atoms with E-state index in [9.17, 15) is 8.78 Å². The molecule has 0 amide bonds. The second kappa shape index (κ2) is 5.31. The maximum absolute atomic E-state index is 14.1. The summed E-state index contributed by atoms with van der Waals surface area (Å²) in [6.07, 6.45) is 4.14. The van der Waals surface area contributed by atoms with Crippen LogP contribution in [0.1, 0.15) is 23.1 Å². The maximum Gasteiger partial charge on any atom is 0.166 e. The zero-order valence-electron chi connectivity index (χ0n) is 11.6. The van der Waals surface area contributed by atoms with Gasteiger partial charge in [-0.25, -0.2) is 13.8 Å². The van der Waals surface area contributed by atoms with Gasteiger partial charge in [0.2, 0.25) is 0 Å². The Labute approximate surface area is 134 Å². The predicted octanol–water partition coefficient (Wildman–Crippen LogP) is 4.34. The van der Waals surface area contributed by atoms with Gasteiger partial charge < -0.3 is 9.82 Å². The smallest absolute Gasteiger partial charge is 0.166 e. The summed E-state index contributed by atoms with van der Waals surface area (Å²) in [5.41, 5.74) is 1.57. The van der Waals surface area contributed by atoms with Gasteiger partial charge in [0, 0.05) is 28.9 Å². The van der Waals surface area contributed by atoms with E-state index < -0.39 is 23.7 Å². The molecular formula is C16H10ClF2N3O. The highest BCUT2D eigenvalue weighted by Crippen LogP contribution is 2.40. The first-order chi connectivity index (χ1) is 11.1. The minimum atomic E-state index is -0.898. The molecule has 2 unspecified atom stereocenters. The van der Waals surface area contributed by atoms with E-state index in [1.165, 1.54) is 24.5 Å². The Hall–Kier alpha value is -2.47. The molecule has 4 rings (SSSR count). The number of benzene rings is 1. The fourth-order valence-electron chi connectivity index (χ4n) is 2.82. The normalized spacial score (nSPS) is 20.1.